The minimum absolute atomic E-state index is 0. The van der Waals surface area contributed by atoms with E-state index in [0.717, 1.165) is 5.56 Å². The third-order valence-electron chi connectivity index (χ3n) is 4.16. The number of ether oxygens (including phenoxy) is 1. The molecule has 0 fully saturated rings. The Balaban J connectivity index is 0.00000900. The second-order valence-corrected chi connectivity index (χ2v) is 6.62. The van der Waals surface area contributed by atoms with Crippen LogP contribution in [-0.2, 0) is 35.1 Å². The molecule has 8 N–H and O–H groups in total. The van der Waals surface area contributed by atoms with Crippen LogP contribution in [-0.4, -0.2) is 54.8 Å². The first-order chi connectivity index (χ1) is 14.1. The highest BCUT2D eigenvalue weighted by atomic mass is 35.5. The van der Waals surface area contributed by atoms with Gasteiger partial charge in [0.25, 0.3) is 0 Å². The zero-order valence-corrected chi connectivity index (χ0v) is 17.9. The van der Waals surface area contributed by atoms with E-state index in [9.17, 15) is 24.0 Å². The molecule has 0 aliphatic heterocycles. The molecule has 172 valence electrons. The standard InChI is InChI=1S/C19H27N5O6.ClH/c1-30-19(29)14(9-11-5-3-2-4-6-11)24-18(28)13(10-16(22)26)23-17(27)12(20)7-8-15(21)25;/h2-6,12-14H,7-10,20H2,1H3,(H2,21,25)(H2,22,26)(H,23,27)(H,24,28);1H/t12-,13-,14-;/m0./s1. The summed E-state index contributed by atoms with van der Waals surface area (Å²) in [4.78, 5) is 59.2. The van der Waals surface area contributed by atoms with E-state index >= 15 is 0 Å². The van der Waals surface area contributed by atoms with Crippen molar-refractivity contribution in [2.75, 3.05) is 7.11 Å². The van der Waals surface area contributed by atoms with E-state index in [4.69, 9.17) is 21.9 Å². The van der Waals surface area contributed by atoms with Crippen LogP contribution in [0.5, 0.6) is 0 Å². The minimum Gasteiger partial charge on any atom is -0.467 e. The summed E-state index contributed by atoms with van der Waals surface area (Å²) < 4.78 is 4.72. The Hall–Kier alpha value is -3.18. The van der Waals surface area contributed by atoms with Gasteiger partial charge >= 0.3 is 5.97 Å². The van der Waals surface area contributed by atoms with Crippen LogP contribution in [0.2, 0.25) is 0 Å². The molecule has 0 radical (unpaired) electrons. The summed E-state index contributed by atoms with van der Waals surface area (Å²) in [6.45, 7) is 0. The molecule has 1 rings (SSSR count). The van der Waals surface area contributed by atoms with Gasteiger partial charge in [-0.05, 0) is 12.0 Å². The molecule has 0 saturated carbocycles. The van der Waals surface area contributed by atoms with E-state index < -0.39 is 54.1 Å². The van der Waals surface area contributed by atoms with Crippen molar-refractivity contribution in [1.82, 2.24) is 10.6 Å². The van der Waals surface area contributed by atoms with E-state index in [-0.39, 0.29) is 31.7 Å². The van der Waals surface area contributed by atoms with Gasteiger partial charge in [-0.2, -0.15) is 0 Å². The highest BCUT2D eigenvalue weighted by Gasteiger charge is 2.29. The van der Waals surface area contributed by atoms with E-state index in [1.54, 1.807) is 30.3 Å². The summed E-state index contributed by atoms with van der Waals surface area (Å²) in [6.07, 6.45) is -0.540. The zero-order chi connectivity index (χ0) is 22.7. The third kappa shape index (κ3) is 10.4. The van der Waals surface area contributed by atoms with Gasteiger partial charge in [0.05, 0.1) is 19.6 Å². The van der Waals surface area contributed by atoms with Crippen molar-refractivity contribution in [3.8, 4) is 0 Å². The fourth-order valence-corrected chi connectivity index (χ4v) is 2.58. The predicted molar refractivity (Wildman–Crippen MR) is 113 cm³/mol. The van der Waals surface area contributed by atoms with Crippen LogP contribution < -0.4 is 27.8 Å². The fourth-order valence-electron chi connectivity index (χ4n) is 2.58. The highest BCUT2D eigenvalue weighted by molar-refractivity contribution is 5.95. The molecule has 0 bridgehead atoms. The van der Waals surface area contributed by atoms with E-state index in [2.05, 4.69) is 10.6 Å². The number of halogens is 1. The number of hydrogen-bond donors (Lipinski definition) is 5. The first-order valence-corrected chi connectivity index (χ1v) is 9.18. The Labute approximate surface area is 185 Å². The molecule has 0 spiro atoms. The number of methoxy groups -OCH3 is 1. The lowest BCUT2D eigenvalue weighted by Gasteiger charge is -2.23. The molecular formula is C19H28ClN5O6. The van der Waals surface area contributed by atoms with Gasteiger partial charge in [0.15, 0.2) is 0 Å². The molecule has 0 unspecified atom stereocenters. The lowest BCUT2D eigenvalue weighted by Crippen LogP contribution is -2.56. The van der Waals surface area contributed by atoms with Crippen LogP contribution in [0.3, 0.4) is 0 Å². The third-order valence-corrected chi connectivity index (χ3v) is 4.16. The molecule has 0 aliphatic carbocycles. The van der Waals surface area contributed by atoms with Crippen LogP contribution in [0, 0.1) is 0 Å². The molecule has 3 atom stereocenters. The second kappa shape index (κ2) is 13.9. The first-order valence-electron chi connectivity index (χ1n) is 9.18. The molecule has 11 nitrogen and oxygen atoms in total. The van der Waals surface area contributed by atoms with Crippen LogP contribution >= 0.6 is 12.4 Å². The summed E-state index contributed by atoms with van der Waals surface area (Å²) >= 11 is 0. The van der Waals surface area contributed by atoms with Crippen molar-refractivity contribution in [2.24, 2.45) is 17.2 Å². The van der Waals surface area contributed by atoms with E-state index in [0.29, 0.717) is 0 Å². The van der Waals surface area contributed by atoms with Gasteiger partial charge in [-0.25, -0.2) is 4.79 Å². The number of hydrogen-bond acceptors (Lipinski definition) is 7. The summed E-state index contributed by atoms with van der Waals surface area (Å²) in [7, 11) is 1.17. The largest absolute Gasteiger partial charge is 0.467 e. The summed E-state index contributed by atoms with van der Waals surface area (Å²) in [6, 6.07) is 5.34. The number of nitrogens with two attached hydrogens (primary N) is 3. The Morgan fingerprint density at radius 3 is 2.03 bits per heavy atom. The highest BCUT2D eigenvalue weighted by Crippen LogP contribution is 2.06. The minimum atomic E-state index is -1.36. The lowest BCUT2D eigenvalue weighted by atomic mass is 10.0. The van der Waals surface area contributed by atoms with Gasteiger partial charge in [0.2, 0.25) is 23.6 Å². The number of amides is 4. The maximum Gasteiger partial charge on any atom is 0.328 e. The molecule has 1 aromatic rings. The van der Waals surface area contributed by atoms with Gasteiger partial charge in [0.1, 0.15) is 12.1 Å². The topological polar surface area (TPSA) is 197 Å². The monoisotopic (exact) mass is 457 g/mol. The van der Waals surface area contributed by atoms with Crippen molar-refractivity contribution in [2.45, 2.75) is 43.8 Å². The smallest absolute Gasteiger partial charge is 0.328 e. The van der Waals surface area contributed by atoms with Gasteiger partial charge in [0, 0.05) is 12.8 Å². The van der Waals surface area contributed by atoms with Gasteiger partial charge in [-0.15, -0.1) is 12.4 Å². The number of nitrogens with one attached hydrogen (secondary N) is 2. The normalized spacial score (nSPS) is 13.0. The summed E-state index contributed by atoms with van der Waals surface area (Å²) in [5.74, 6) is -3.76. The van der Waals surface area contributed by atoms with Gasteiger partial charge in [-0.3, -0.25) is 19.2 Å². The Bertz CT molecular complexity index is 776. The quantitative estimate of drug-likeness (QED) is 0.229. The lowest BCUT2D eigenvalue weighted by molar-refractivity contribution is -0.145. The van der Waals surface area contributed by atoms with Crippen molar-refractivity contribution in [1.29, 1.82) is 0 Å². The van der Waals surface area contributed by atoms with Gasteiger partial charge < -0.3 is 32.6 Å². The Morgan fingerprint density at radius 2 is 1.52 bits per heavy atom. The second-order valence-electron chi connectivity index (χ2n) is 6.62. The number of esters is 1. The molecule has 0 aliphatic rings. The van der Waals surface area contributed by atoms with Crippen LogP contribution in [0.4, 0.5) is 0 Å². The molecule has 0 aromatic heterocycles. The molecule has 0 heterocycles. The number of carbonyl (C=O) groups is 5. The zero-order valence-electron chi connectivity index (χ0n) is 17.0. The molecule has 12 heteroatoms. The summed E-state index contributed by atoms with van der Waals surface area (Å²) in [5.41, 5.74) is 16.6. The maximum atomic E-state index is 12.7. The average molecular weight is 458 g/mol. The fraction of sp³-hybridized carbons (Fsp3) is 0.421. The van der Waals surface area contributed by atoms with E-state index in [1.807, 2.05) is 0 Å². The van der Waals surface area contributed by atoms with Crippen LogP contribution in [0.1, 0.15) is 24.8 Å². The predicted octanol–water partition coefficient (Wildman–Crippen LogP) is -1.74. The average Bonchev–Trinajstić information content (AvgIpc) is 2.70. The van der Waals surface area contributed by atoms with Crippen molar-refractivity contribution in [3.05, 3.63) is 35.9 Å². The first kappa shape index (κ1) is 27.8. The molecular weight excluding hydrogens is 430 g/mol. The van der Waals surface area contributed by atoms with Crippen molar-refractivity contribution in [3.63, 3.8) is 0 Å². The van der Waals surface area contributed by atoms with Crippen molar-refractivity contribution < 1.29 is 28.7 Å². The Kier molecular flexibility index (Phi) is 12.5. The van der Waals surface area contributed by atoms with Gasteiger partial charge in [-0.1, -0.05) is 30.3 Å². The van der Waals surface area contributed by atoms with Crippen LogP contribution in [0.15, 0.2) is 30.3 Å². The number of primary amides is 2. The van der Waals surface area contributed by atoms with Crippen molar-refractivity contribution >= 4 is 42.0 Å². The maximum absolute atomic E-state index is 12.7. The molecule has 1 aromatic carbocycles. The number of carbonyl (C=O) groups excluding carboxylic acids is 5. The summed E-state index contributed by atoms with van der Waals surface area (Å²) in [5, 5.41) is 4.78. The number of benzene rings is 1. The SMILES string of the molecule is COC(=O)[C@H](Cc1ccccc1)NC(=O)[C@H](CC(N)=O)NC(=O)[C@@H](N)CCC(N)=O.Cl. The molecule has 31 heavy (non-hydrogen) atoms. The van der Waals surface area contributed by atoms with E-state index in [1.165, 1.54) is 7.11 Å². The molecule has 0 saturated heterocycles. The Morgan fingerprint density at radius 1 is 0.935 bits per heavy atom. The molecule has 4 amide bonds. The van der Waals surface area contributed by atoms with Crippen LogP contribution in [0.25, 0.3) is 0 Å². The number of rotatable bonds is 12.